The van der Waals surface area contributed by atoms with Crippen LogP contribution in [0.1, 0.15) is 30.0 Å². The Balaban J connectivity index is 2.13. The average molecular weight is 368 g/mol. The number of rotatable bonds is 5. The van der Waals surface area contributed by atoms with Gasteiger partial charge in [0.25, 0.3) is 0 Å². The maximum atomic E-state index is 12.8. The van der Waals surface area contributed by atoms with Gasteiger partial charge < -0.3 is 20.1 Å². The Kier molecular flexibility index (Phi) is 5.35. The van der Waals surface area contributed by atoms with Crippen molar-refractivity contribution < 1.29 is 19.1 Å². The first-order valence-electron chi connectivity index (χ1n) is 8.86. The Labute approximate surface area is 158 Å². The molecule has 6 heteroatoms. The normalized spacial score (nSPS) is 19.7. The maximum absolute atomic E-state index is 12.8. The molecule has 1 fully saturated rings. The molecular formula is C21H24N2O4. The van der Waals surface area contributed by atoms with E-state index in [0.29, 0.717) is 17.9 Å². The summed E-state index contributed by atoms with van der Waals surface area (Å²) in [5.74, 6) is 0.193. The Morgan fingerprint density at radius 1 is 1.07 bits per heavy atom. The molecule has 3 rings (SSSR count). The Bertz CT molecular complexity index is 848. The number of nitrogens with two attached hydrogens (primary N) is 1. The van der Waals surface area contributed by atoms with Crippen molar-refractivity contribution in [1.82, 2.24) is 0 Å². The Morgan fingerprint density at radius 3 is 2.33 bits per heavy atom. The van der Waals surface area contributed by atoms with Gasteiger partial charge in [0.1, 0.15) is 0 Å². The van der Waals surface area contributed by atoms with Gasteiger partial charge in [0.2, 0.25) is 11.8 Å². The van der Waals surface area contributed by atoms with Crippen molar-refractivity contribution in [3.63, 3.8) is 0 Å². The van der Waals surface area contributed by atoms with Gasteiger partial charge in [0.15, 0.2) is 11.5 Å². The van der Waals surface area contributed by atoms with E-state index in [4.69, 9.17) is 15.2 Å². The first-order valence-corrected chi connectivity index (χ1v) is 8.86. The summed E-state index contributed by atoms with van der Waals surface area (Å²) in [4.78, 5) is 26.7. The summed E-state index contributed by atoms with van der Waals surface area (Å²) in [5, 5.41) is 0. The Morgan fingerprint density at radius 2 is 1.74 bits per heavy atom. The SMILES string of the molecule is COc1ccc([C@H]2[C@H](C(N)=O)CCC(=O)N2c2ccc(C)cc2)cc1OC. The van der Waals surface area contributed by atoms with E-state index in [1.165, 1.54) is 0 Å². The van der Waals surface area contributed by atoms with Crippen LogP contribution in [0.25, 0.3) is 0 Å². The molecule has 0 aliphatic carbocycles. The van der Waals surface area contributed by atoms with Crippen LogP contribution in [0.2, 0.25) is 0 Å². The lowest BCUT2D eigenvalue weighted by Gasteiger charge is -2.40. The molecular weight excluding hydrogens is 344 g/mol. The van der Waals surface area contributed by atoms with Gasteiger partial charge in [-0.25, -0.2) is 0 Å². The third-order valence-corrected chi connectivity index (χ3v) is 5.02. The molecule has 1 aliphatic heterocycles. The molecule has 0 bridgehead atoms. The highest BCUT2D eigenvalue weighted by Gasteiger charge is 2.40. The summed E-state index contributed by atoms with van der Waals surface area (Å²) in [7, 11) is 3.11. The zero-order chi connectivity index (χ0) is 19.6. The molecule has 1 heterocycles. The largest absolute Gasteiger partial charge is 0.493 e. The van der Waals surface area contributed by atoms with Gasteiger partial charge in [-0.2, -0.15) is 0 Å². The van der Waals surface area contributed by atoms with Crippen molar-refractivity contribution in [3.8, 4) is 11.5 Å². The van der Waals surface area contributed by atoms with Gasteiger partial charge in [-0.1, -0.05) is 23.8 Å². The lowest BCUT2D eigenvalue weighted by molar-refractivity contribution is -0.127. The topological polar surface area (TPSA) is 81.9 Å². The number of carbonyl (C=O) groups is 2. The number of anilines is 1. The molecule has 142 valence electrons. The fraction of sp³-hybridized carbons (Fsp3) is 0.333. The van der Waals surface area contributed by atoms with Crippen molar-refractivity contribution in [2.75, 3.05) is 19.1 Å². The van der Waals surface area contributed by atoms with Gasteiger partial charge in [-0.3, -0.25) is 9.59 Å². The van der Waals surface area contributed by atoms with E-state index in [1.807, 2.05) is 37.3 Å². The van der Waals surface area contributed by atoms with E-state index in [-0.39, 0.29) is 12.3 Å². The number of carbonyl (C=O) groups excluding carboxylic acids is 2. The zero-order valence-corrected chi connectivity index (χ0v) is 15.8. The predicted octanol–water partition coefficient (Wildman–Crippen LogP) is 2.98. The lowest BCUT2D eigenvalue weighted by Crippen LogP contribution is -2.47. The van der Waals surface area contributed by atoms with Gasteiger partial charge in [0, 0.05) is 12.1 Å². The molecule has 0 saturated carbocycles. The van der Waals surface area contributed by atoms with Crippen LogP contribution in [0.15, 0.2) is 42.5 Å². The van der Waals surface area contributed by atoms with Crippen molar-refractivity contribution >= 4 is 17.5 Å². The molecule has 0 radical (unpaired) electrons. The molecule has 6 nitrogen and oxygen atoms in total. The van der Waals surface area contributed by atoms with Crippen LogP contribution in [0.4, 0.5) is 5.69 Å². The number of methoxy groups -OCH3 is 2. The van der Waals surface area contributed by atoms with Crippen LogP contribution in [0.3, 0.4) is 0 Å². The number of aryl methyl sites for hydroxylation is 1. The number of piperidine rings is 1. The Hall–Kier alpha value is -3.02. The van der Waals surface area contributed by atoms with Gasteiger partial charge >= 0.3 is 0 Å². The second kappa shape index (κ2) is 7.70. The summed E-state index contributed by atoms with van der Waals surface area (Å²) < 4.78 is 10.7. The van der Waals surface area contributed by atoms with Crippen molar-refractivity contribution in [2.45, 2.75) is 25.8 Å². The highest BCUT2D eigenvalue weighted by atomic mass is 16.5. The first kappa shape index (κ1) is 18.8. The fourth-order valence-corrected chi connectivity index (χ4v) is 3.62. The summed E-state index contributed by atoms with van der Waals surface area (Å²) >= 11 is 0. The molecule has 2 N–H and O–H groups in total. The smallest absolute Gasteiger partial charge is 0.227 e. The predicted molar refractivity (Wildman–Crippen MR) is 103 cm³/mol. The van der Waals surface area contributed by atoms with E-state index in [0.717, 1.165) is 16.8 Å². The highest BCUT2D eigenvalue weighted by molar-refractivity contribution is 5.97. The second-order valence-corrected chi connectivity index (χ2v) is 6.71. The van der Waals surface area contributed by atoms with Gasteiger partial charge in [-0.15, -0.1) is 0 Å². The number of nitrogens with zero attached hydrogens (tertiary/aromatic N) is 1. The molecule has 0 spiro atoms. The first-order chi connectivity index (χ1) is 13.0. The summed E-state index contributed by atoms with van der Waals surface area (Å²) in [6.07, 6.45) is 0.709. The molecule has 0 unspecified atom stereocenters. The number of amides is 2. The molecule has 2 amide bonds. The summed E-state index contributed by atoms with van der Waals surface area (Å²) in [6.45, 7) is 1.99. The number of hydrogen-bond acceptors (Lipinski definition) is 4. The third kappa shape index (κ3) is 3.60. The lowest BCUT2D eigenvalue weighted by atomic mass is 9.83. The minimum Gasteiger partial charge on any atom is -0.493 e. The standard InChI is InChI=1S/C21H24N2O4/c1-13-4-7-15(8-5-13)23-19(24)11-9-16(21(22)25)20(23)14-6-10-17(26-2)18(12-14)27-3/h4-8,10,12,16,20H,9,11H2,1-3H3,(H2,22,25)/t16-,20+/m1/s1. The monoisotopic (exact) mass is 368 g/mol. The van der Waals surface area contributed by atoms with Crippen LogP contribution in [-0.4, -0.2) is 26.0 Å². The van der Waals surface area contributed by atoms with E-state index < -0.39 is 17.9 Å². The number of benzene rings is 2. The van der Waals surface area contributed by atoms with Crippen LogP contribution in [0.5, 0.6) is 11.5 Å². The van der Waals surface area contributed by atoms with E-state index in [1.54, 1.807) is 31.3 Å². The minimum atomic E-state index is -0.494. The van der Waals surface area contributed by atoms with Gasteiger partial charge in [0.05, 0.1) is 26.2 Å². The second-order valence-electron chi connectivity index (χ2n) is 6.71. The van der Waals surface area contributed by atoms with Crippen LogP contribution < -0.4 is 20.1 Å². The third-order valence-electron chi connectivity index (χ3n) is 5.02. The van der Waals surface area contributed by atoms with Gasteiger partial charge in [-0.05, 0) is 43.2 Å². The van der Waals surface area contributed by atoms with E-state index in [2.05, 4.69) is 0 Å². The van der Waals surface area contributed by atoms with Crippen LogP contribution in [0, 0.1) is 12.8 Å². The maximum Gasteiger partial charge on any atom is 0.227 e. The quantitative estimate of drug-likeness (QED) is 0.880. The number of primary amides is 1. The molecule has 1 saturated heterocycles. The summed E-state index contributed by atoms with van der Waals surface area (Å²) in [6, 6.07) is 12.6. The zero-order valence-electron chi connectivity index (χ0n) is 15.8. The van der Waals surface area contributed by atoms with E-state index >= 15 is 0 Å². The van der Waals surface area contributed by atoms with Crippen molar-refractivity contribution in [1.29, 1.82) is 0 Å². The average Bonchev–Trinajstić information content (AvgIpc) is 2.67. The van der Waals surface area contributed by atoms with Crippen molar-refractivity contribution in [3.05, 3.63) is 53.6 Å². The molecule has 2 atom stereocenters. The molecule has 0 aromatic heterocycles. The minimum absolute atomic E-state index is 0.0314. The van der Waals surface area contributed by atoms with Crippen LogP contribution in [-0.2, 0) is 9.59 Å². The highest BCUT2D eigenvalue weighted by Crippen LogP contribution is 2.42. The fourth-order valence-electron chi connectivity index (χ4n) is 3.62. The molecule has 27 heavy (non-hydrogen) atoms. The van der Waals surface area contributed by atoms with Crippen molar-refractivity contribution in [2.24, 2.45) is 11.7 Å². The van der Waals surface area contributed by atoms with E-state index in [9.17, 15) is 9.59 Å². The molecule has 1 aliphatic rings. The summed E-state index contributed by atoms with van der Waals surface area (Å²) in [5.41, 5.74) is 8.32. The van der Waals surface area contributed by atoms with Crippen LogP contribution >= 0.6 is 0 Å². The number of ether oxygens (including phenoxy) is 2. The number of hydrogen-bond donors (Lipinski definition) is 1. The molecule has 2 aromatic carbocycles. The molecule has 2 aromatic rings.